The first-order valence-corrected chi connectivity index (χ1v) is 7.25. The number of amides is 1. The van der Waals surface area contributed by atoms with Gasteiger partial charge in [-0.15, -0.1) is 0 Å². The molecule has 132 valence electrons. The molecule has 0 bridgehead atoms. The van der Waals surface area contributed by atoms with Crippen molar-refractivity contribution >= 4 is 17.8 Å². The van der Waals surface area contributed by atoms with E-state index in [1.807, 2.05) is 0 Å². The van der Waals surface area contributed by atoms with Crippen LogP contribution >= 0.6 is 0 Å². The Morgan fingerprint density at radius 3 is 2.32 bits per heavy atom. The van der Waals surface area contributed by atoms with Crippen LogP contribution in [0.25, 0.3) is 0 Å². The lowest BCUT2D eigenvalue weighted by atomic mass is 10.2. The predicted molar refractivity (Wildman–Crippen MR) is 91.9 cm³/mol. The van der Waals surface area contributed by atoms with Crippen LogP contribution in [-0.2, 0) is 4.79 Å². The van der Waals surface area contributed by atoms with Crippen LogP contribution < -0.4 is 25.4 Å². The van der Waals surface area contributed by atoms with Gasteiger partial charge in [0.05, 0.1) is 26.1 Å². The second kappa shape index (κ2) is 8.53. The number of primary amides is 1. The van der Waals surface area contributed by atoms with Crippen molar-refractivity contribution in [3.8, 4) is 17.2 Å². The van der Waals surface area contributed by atoms with E-state index in [9.17, 15) is 9.18 Å². The number of rotatable bonds is 8. The van der Waals surface area contributed by atoms with E-state index >= 15 is 0 Å². The lowest BCUT2D eigenvalue weighted by Crippen LogP contribution is -2.20. The predicted octanol–water partition coefficient (Wildman–Crippen LogP) is 2.15. The number of carbonyl (C=O) groups excluding carboxylic acids is 1. The molecule has 2 aromatic carbocycles. The van der Waals surface area contributed by atoms with Gasteiger partial charge in [0.2, 0.25) is 5.75 Å². The van der Waals surface area contributed by atoms with Crippen LogP contribution in [0.15, 0.2) is 41.5 Å². The number of ether oxygens (including phenoxy) is 3. The number of methoxy groups -OCH3 is 2. The quantitative estimate of drug-likeness (QED) is 0.563. The number of nitrogens with two attached hydrogens (primary N) is 1. The van der Waals surface area contributed by atoms with Gasteiger partial charge in [0.1, 0.15) is 5.82 Å². The van der Waals surface area contributed by atoms with Crippen molar-refractivity contribution in [2.75, 3.05) is 26.3 Å². The van der Waals surface area contributed by atoms with Crippen molar-refractivity contribution in [2.24, 2.45) is 10.8 Å². The summed E-state index contributed by atoms with van der Waals surface area (Å²) in [6.07, 6.45) is 1.53. The maximum absolute atomic E-state index is 12.9. The summed E-state index contributed by atoms with van der Waals surface area (Å²) in [6.45, 7) is -0.299. The molecule has 0 unspecified atom stereocenters. The molecule has 8 heteroatoms. The Hall–Kier alpha value is -3.29. The van der Waals surface area contributed by atoms with Gasteiger partial charge in [-0.05, 0) is 36.4 Å². The van der Waals surface area contributed by atoms with E-state index in [0.717, 1.165) is 0 Å². The largest absolute Gasteiger partial charge is 0.493 e. The number of anilines is 1. The molecule has 0 aliphatic heterocycles. The number of benzene rings is 2. The molecule has 2 aromatic rings. The Morgan fingerprint density at radius 1 is 1.20 bits per heavy atom. The molecule has 7 nitrogen and oxygen atoms in total. The molecule has 0 aliphatic carbocycles. The third kappa shape index (κ3) is 5.10. The summed E-state index contributed by atoms with van der Waals surface area (Å²) in [7, 11) is 2.92. The number of carbonyl (C=O) groups is 1. The Morgan fingerprint density at radius 2 is 1.80 bits per heavy atom. The zero-order valence-corrected chi connectivity index (χ0v) is 13.8. The van der Waals surface area contributed by atoms with Crippen LogP contribution in [0.1, 0.15) is 5.56 Å². The lowest BCUT2D eigenvalue weighted by Gasteiger charge is -2.14. The van der Waals surface area contributed by atoms with Gasteiger partial charge in [0.15, 0.2) is 18.1 Å². The van der Waals surface area contributed by atoms with Gasteiger partial charge < -0.3 is 19.9 Å². The highest BCUT2D eigenvalue weighted by atomic mass is 19.1. The highest BCUT2D eigenvalue weighted by Gasteiger charge is 2.14. The van der Waals surface area contributed by atoms with E-state index in [1.165, 1.54) is 32.6 Å². The fraction of sp³-hybridized carbons (Fsp3) is 0.176. The van der Waals surface area contributed by atoms with Crippen LogP contribution in [0.4, 0.5) is 10.1 Å². The molecule has 0 saturated carbocycles. The Labute approximate surface area is 144 Å². The van der Waals surface area contributed by atoms with Gasteiger partial charge >= 0.3 is 0 Å². The van der Waals surface area contributed by atoms with Gasteiger partial charge in [-0.25, -0.2) is 4.39 Å². The summed E-state index contributed by atoms with van der Waals surface area (Å²) in [6, 6.07) is 9.11. The molecule has 1 amide bonds. The highest BCUT2D eigenvalue weighted by molar-refractivity contribution is 5.83. The summed E-state index contributed by atoms with van der Waals surface area (Å²) in [5.41, 5.74) is 9.16. The first-order valence-electron chi connectivity index (χ1n) is 7.25. The number of hydrazone groups is 1. The number of hydrogen-bond donors (Lipinski definition) is 2. The molecule has 0 aliphatic rings. The third-order valence-corrected chi connectivity index (χ3v) is 3.09. The van der Waals surface area contributed by atoms with E-state index in [1.54, 1.807) is 24.3 Å². The molecule has 0 fully saturated rings. The van der Waals surface area contributed by atoms with Crippen molar-refractivity contribution in [3.05, 3.63) is 47.8 Å². The van der Waals surface area contributed by atoms with E-state index in [2.05, 4.69) is 10.5 Å². The standard InChI is InChI=1S/C17H18FN3O4/c1-23-14-7-11(8-15(24-2)17(14)25-10-16(19)22)9-20-21-13-5-3-12(18)4-6-13/h3-9,21H,10H2,1-2H3,(H2,19,22)/b20-9-. The summed E-state index contributed by atoms with van der Waals surface area (Å²) >= 11 is 0. The van der Waals surface area contributed by atoms with Crippen molar-refractivity contribution in [1.82, 2.24) is 0 Å². The minimum atomic E-state index is -0.613. The van der Waals surface area contributed by atoms with Crippen LogP contribution in [0.3, 0.4) is 0 Å². The van der Waals surface area contributed by atoms with Crippen molar-refractivity contribution in [1.29, 1.82) is 0 Å². The Balaban J connectivity index is 2.18. The first-order chi connectivity index (χ1) is 12.0. The van der Waals surface area contributed by atoms with Crippen LogP contribution in [0.2, 0.25) is 0 Å². The summed E-state index contributed by atoms with van der Waals surface area (Å²) in [4.78, 5) is 10.9. The maximum Gasteiger partial charge on any atom is 0.255 e. The minimum absolute atomic E-state index is 0.271. The van der Waals surface area contributed by atoms with E-state index in [-0.39, 0.29) is 18.2 Å². The first kappa shape index (κ1) is 18.1. The molecular formula is C17H18FN3O4. The highest BCUT2D eigenvalue weighted by Crippen LogP contribution is 2.38. The Bertz CT molecular complexity index is 738. The SMILES string of the molecule is COc1cc(/C=N\Nc2ccc(F)cc2)cc(OC)c1OCC(N)=O. The lowest BCUT2D eigenvalue weighted by molar-refractivity contribution is -0.119. The van der Waals surface area contributed by atoms with Gasteiger partial charge in [-0.3, -0.25) is 10.2 Å². The van der Waals surface area contributed by atoms with E-state index in [4.69, 9.17) is 19.9 Å². The minimum Gasteiger partial charge on any atom is -0.493 e. The van der Waals surface area contributed by atoms with Crippen LogP contribution in [-0.4, -0.2) is 32.9 Å². The average Bonchev–Trinajstić information content (AvgIpc) is 2.61. The molecule has 0 atom stereocenters. The monoisotopic (exact) mass is 347 g/mol. The number of hydrogen-bond acceptors (Lipinski definition) is 6. The van der Waals surface area contributed by atoms with Crippen molar-refractivity contribution in [3.63, 3.8) is 0 Å². The summed E-state index contributed by atoms with van der Waals surface area (Å²) in [5.74, 6) is 0.0638. The maximum atomic E-state index is 12.9. The molecular weight excluding hydrogens is 329 g/mol. The van der Waals surface area contributed by atoms with E-state index in [0.29, 0.717) is 22.7 Å². The summed E-state index contributed by atoms with van der Waals surface area (Å²) < 4.78 is 28.7. The molecule has 2 rings (SSSR count). The Kier molecular flexibility index (Phi) is 6.16. The van der Waals surface area contributed by atoms with Crippen LogP contribution in [0.5, 0.6) is 17.2 Å². The fourth-order valence-corrected chi connectivity index (χ4v) is 1.97. The smallest absolute Gasteiger partial charge is 0.255 e. The molecule has 0 saturated heterocycles. The van der Waals surface area contributed by atoms with E-state index < -0.39 is 5.91 Å². The molecule has 25 heavy (non-hydrogen) atoms. The fourth-order valence-electron chi connectivity index (χ4n) is 1.97. The average molecular weight is 347 g/mol. The third-order valence-electron chi connectivity index (χ3n) is 3.09. The van der Waals surface area contributed by atoms with Crippen molar-refractivity contribution in [2.45, 2.75) is 0 Å². The van der Waals surface area contributed by atoms with Gasteiger partial charge in [0.25, 0.3) is 5.91 Å². The number of nitrogens with zero attached hydrogens (tertiary/aromatic N) is 1. The van der Waals surface area contributed by atoms with Crippen molar-refractivity contribution < 1.29 is 23.4 Å². The molecule has 0 radical (unpaired) electrons. The van der Waals surface area contributed by atoms with Crippen LogP contribution in [0, 0.1) is 5.82 Å². The molecule has 0 heterocycles. The molecule has 0 spiro atoms. The number of halogens is 1. The van der Waals surface area contributed by atoms with Gasteiger partial charge in [-0.2, -0.15) is 5.10 Å². The molecule has 0 aromatic heterocycles. The molecule has 3 N–H and O–H groups in total. The van der Waals surface area contributed by atoms with Gasteiger partial charge in [-0.1, -0.05) is 0 Å². The summed E-state index contributed by atoms with van der Waals surface area (Å²) in [5, 5.41) is 4.07. The normalized spacial score (nSPS) is 10.5. The zero-order valence-electron chi connectivity index (χ0n) is 13.8. The second-order valence-corrected chi connectivity index (χ2v) is 4.89. The number of nitrogens with one attached hydrogen (secondary N) is 1. The van der Waals surface area contributed by atoms with Gasteiger partial charge in [0, 0.05) is 5.56 Å². The zero-order chi connectivity index (χ0) is 18.2. The second-order valence-electron chi connectivity index (χ2n) is 4.89. The topological polar surface area (TPSA) is 95.2 Å².